The van der Waals surface area contributed by atoms with Crippen molar-refractivity contribution in [3.05, 3.63) is 29.3 Å². The molecule has 5 fully saturated rings. The Morgan fingerprint density at radius 1 is 1.22 bits per heavy atom. The SMILES string of the molecule is C=C1CN2C3(CC3)CCC2(COc2nc(N3C[C@H]4CC[C@@H](C3)N4C(=O)O)c3cnc(Cl)c(F)c3n2)C1. The molecule has 2 aromatic rings. The van der Waals surface area contributed by atoms with E-state index in [0.717, 1.165) is 32.2 Å². The summed E-state index contributed by atoms with van der Waals surface area (Å²) in [5.74, 6) is -0.197. The number of anilines is 1. The molecule has 4 aliphatic heterocycles. The number of hydrogen-bond donors (Lipinski definition) is 1. The van der Waals surface area contributed by atoms with Crippen molar-refractivity contribution in [2.75, 3.05) is 31.1 Å². The van der Waals surface area contributed by atoms with Crippen molar-refractivity contribution in [3.8, 4) is 6.01 Å². The van der Waals surface area contributed by atoms with E-state index in [1.165, 1.54) is 31.0 Å². The van der Waals surface area contributed by atoms with E-state index in [0.29, 0.717) is 36.4 Å². The molecule has 9 nitrogen and oxygen atoms in total. The third kappa shape index (κ3) is 3.23. The minimum absolute atomic E-state index is 0.0679. The standard InChI is InChI=1S/C25H28ClFN6O3/c1-14-8-25(7-6-24(4-5-24)32(25)10-14)13-36-22-29-19-17(9-28-20(26)18(19)27)21(30-22)31-11-15-2-3-16(12-31)33(15)23(34)35/h9,15-16H,1-8,10-13H2,(H,34,35)/t15-,16+,25?. The summed E-state index contributed by atoms with van der Waals surface area (Å²) in [6.45, 7) is 6.51. The molecular weight excluding hydrogens is 487 g/mol. The first-order chi connectivity index (χ1) is 17.3. The first-order valence-corrected chi connectivity index (χ1v) is 13.0. The summed E-state index contributed by atoms with van der Waals surface area (Å²) in [6, 6.07) is -0.160. The van der Waals surface area contributed by atoms with Gasteiger partial charge in [0.15, 0.2) is 11.0 Å². The van der Waals surface area contributed by atoms with Gasteiger partial charge in [-0.05, 0) is 44.9 Å². The number of pyridine rings is 1. The molecule has 1 spiro atoms. The van der Waals surface area contributed by atoms with Gasteiger partial charge in [-0.25, -0.2) is 14.2 Å². The maximum atomic E-state index is 15.1. The molecule has 11 heteroatoms. The zero-order valence-electron chi connectivity index (χ0n) is 19.9. The maximum absolute atomic E-state index is 15.1. The van der Waals surface area contributed by atoms with Crippen LogP contribution in [-0.4, -0.2) is 85.4 Å². The molecule has 0 aromatic carbocycles. The fourth-order valence-corrected chi connectivity index (χ4v) is 7.40. The average Bonchev–Trinajstić information content (AvgIpc) is 3.40. The van der Waals surface area contributed by atoms with Crippen LogP contribution < -0.4 is 9.64 Å². The van der Waals surface area contributed by atoms with Gasteiger partial charge in [-0.15, -0.1) is 0 Å². The summed E-state index contributed by atoms with van der Waals surface area (Å²) < 4.78 is 21.4. The summed E-state index contributed by atoms with van der Waals surface area (Å²) >= 11 is 6.01. The molecule has 1 aliphatic carbocycles. The van der Waals surface area contributed by atoms with Crippen LogP contribution in [-0.2, 0) is 0 Å². The normalized spacial score (nSPS) is 30.4. The second-order valence-electron chi connectivity index (χ2n) is 11.2. The molecule has 1 N–H and O–H groups in total. The largest absolute Gasteiger partial charge is 0.465 e. The predicted molar refractivity (Wildman–Crippen MR) is 131 cm³/mol. The number of piperazine rings is 1. The molecule has 2 aromatic heterocycles. The molecule has 1 unspecified atom stereocenters. The Morgan fingerprint density at radius 3 is 2.64 bits per heavy atom. The summed E-state index contributed by atoms with van der Waals surface area (Å²) in [6.07, 6.45) is 7.72. The summed E-state index contributed by atoms with van der Waals surface area (Å²) in [5.41, 5.74) is 1.47. The fraction of sp³-hybridized carbons (Fsp3) is 0.600. The van der Waals surface area contributed by atoms with Gasteiger partial charge < -0.3 is 14.7 Å². The highest BCUT2D eigenvalue weighted by molar-refractivity contribution is 6.30. The molecule has 1 amide bonds. The Bertz CT molecular complexity index is 1290. The molecule has 6 heterocycles. The number of halogens is 2. The van der Waals surface area contributed by atoms with Crippen LogP contribution in [0.2, 0.25) is 5.15 Å². The number of amides is 1. The number of nitrogens with zero attached hydrogens (tertiary/aromatic N) is 6. The van der Waals surface area contributed by atoms with Crippen LogP contribution in [0.5, 0.6) is 6.01 Å². The molecule has 0 radical (unpaired) electrons. The molecule has 3 atom stereocenters. The Labute approximate surface area is 212 Å². The smallest absolute Gasteiger partial charge is 0.407 e. The summed E-state index contributed by atoms with van der Waals surface area (Å²) in [7, 11) is 0. The van der Waals surface area contributed by atoms with Crippen molar-refractivity contribution >= 4 is 34.4 Å². The van der Waals surface area contributed by atoms with Crippen LogP contribution in [0.25, 0.3) is 10.9 Å². The summed E-state index contributed by atoms with van der Waals surface area (Å²) in [5, 5.41) is 9.84. The van der Waals surface area contributed by atoms with Gasteiger partial charge in [0.05, 0.1) is 23.0 Å². The van der Waals surface area contributed by atoms with Gasteiger partial charge in [0.25, 0.3) is 0 Å². The van der Waals surface area contributed by atoms with Gasteiger partial charge in [0.1, 0.15) is 17.9 Å². The third-order valence-electron chi connectivity index (χ3n) is 9.06. The minimum atomic E-state index is -0.898. The van der Waals surface area contributed by atoms with Crippen LogP contribution in [0.1, 0.15) is 44.9 Å². The quantitative estimate of drug-likeness (QED) is 0.485. The van der Waals surface area contributed by atoms with Gasteiger partial charge in [0, 0.05) is 31.4 Å². The molecule has 36 heavy (non-hydrogen) atoms. The lowest BCUT2D eigenvalue weighted by atomic mass is 9.94. The van der Waals surface area contributed by atoms with E-state index in [9.17, 15) is 9.90 Å². The van der Waals surface area contributed by atoms with E-state index >= 15 is 4.39 Å². The van der Waals surface area contributed by atoms with Gasteiger partial charge >= 0.3 is 12.1 Å². The lowest BCUT2D eigenvalue weighted by Gasteiger charge is -2.40. The second-order valence-corrected chi connectivity index (χ2v) is 11.5. The molecule has 1 saturated carbocycles. The molecule has 190 valence electrons. The van der Waals surface area contributed by atoms with E-state index in [4.69, 9.17) is 21.3 Å². The van der Waals surface area contributed by atoms with E-state index in [2.05, 4.69) is 21.4 Å². The van der Waals surface area contributed by atoms with E-state index in [1.54, 1.807) is 4.90 Å². The number of ether oxygens (including phenoxy) is 1. The first kappa shape index (κ1) is 22.5. The number of fused-ring (bicyclic) bond motifs is 5. The number of aromatic nitrogens is 3. The minimum Gasteiger partial charge on any atom is -0.465 e. The van der Waals surface area contributed by atoms with Crippen LogP contribution >= 0.6 is 11.6 Å². The van der Waals surface area contributed by atoms with Crippen LogP contribution in [0.4, 0.5) is 15.0 Å². The van der Waals surface area contributed by atoms with Gasteiger partial charge in [-0.2, -0.15) is 9.97 Å². The van der Waals surface area contributed by atoms with E-state index in [-0.39, 0.29) is 34.3 Å². The maximum Gasteiger partial charge on any atom is 0.407 e. The molecule has 7 rings (SSSR count). The van der Waals surface area contributed by atoms with Crippen LogP contribution in [0, 0.1) is 5.82 Å². The van der Waals surface area contributed by atoms with Crippen LogP contribution in [0.15, 0.2) is 18.3 Å². The molecule has 5 aliphatic rings. The van der Waals surface area contributed by atoms with Gasteiger partial charge in [-0.1, -0.05) is 23.8 Å². The number of carboxylic acid groups (broad SMARTS) is 1. The zero-order chi connectivity index (χ0) is 24.8. The average molecular weight is 515 g/mol. The lowest BCUT2D eigenvalue weighted by molar-refractivity contribution is 0.0773. The second kappa shape index (κ2) is 7.64. The Kier molecular flexibility index (Phi) is 4.77. The van der Waals surface area contributed by atoms with E-state index < -0.39 is 11.9 Å². The number of hydrogen-bond acceptors (Lipinski definition) is 7. The Hall–Kier alpha value is -2.72. The monoisotopic (exact) mass is 514 g/mol. The molecule has 4 saturated heterocycles. The van der Waals surface area contributed by atoms with Crippen molar-refractivity contribution in [1.29, 1.82) is 0 Å². The highest BCUT2D eigenvalue weighted by Gasteiger charge is 2.63. The lowest BCUT2D eigenvalue weighted by Crippen LogP contribution is -2.55. The summed E-state index contributed by atoms with van der Waals surface area (Å²) in [4.78, 5) is 31.1. The molecule has 2 bridgehead atoms. The van der Waals surface area contributed by atoms with Crippen molar-refractivity contribution in [1.82, 2.24) is 24.8 Å². The van der Waals surface area contributed by atoms with E-state index in [1.807, 2.05) is 4.90 Å². The highest BCUT2D eigenvalue weighted by Crippen LogP contribution is 2.59. The topological polar surface area (TPSA) is 94.9 Å². The van der Waals surface area contributed by atoms with Gasteiger partial charge in [-0.3, -0.25) is 9.80 Å². The third-order valence-corrected chi connectivity index (χ3v) is 9.33. The highest BCUT2D eigenvalue weighted by atomic mass is 35.5. The molecular formula is C25H28ClFN6O3. The van der Waals surface area contributed by atoms with Crippen molar-refractivity contribution in [2.45, 2.75) is 68.1 Å². The Balaban J connectivity index is 1.23. The first-order valence-electron chi connectivity index (χ1n) is 12.6. The van der Waals surface area contributed by atoms with Crippen molar-refractivity contribution in [2.24, 2.45) is 0 Å². The number of rotatable bonds is 4. The van der Waals surface area contributed by atoms with Crippen molar-refractivity contribution < 1.29 is 19.0 Å². The van der Waals surface area contributed by atoms with Crippen LogP contribution in [0.3, 0.4) is 0 Å². The predicted octanol–water partition coefficient (Wildman–Crippen LogP) is 3.85. The fourth-order valence-electron chi connectivity index (χ4n) is 7.26. The van der Waals surface area contributed by atoms with Gasteiger partial charge in [0.2, 0.25) is 0 Å². The zero-order valence-corrected chi connectivity index (χ0v) is 20.7. The van der Waals surface area contributed by atoms with Crippen molar-refractivity contribution in [3.63, 3.8) is 0 Å². The Morgan fingerprint density at radius 2 is 1.94 bits per heavy atom. The number of carbonyl (C=O) groups is 1.